The van der Waals surface area contributed by atoms with E-state index in [1.165, 1.54) is 31.4 Å². The van der Waals surface area contributed by atoms with E-state index in [4.69, 9.17) is 12.2 Å². The molecular weight excluding hydrogens is 283 g/mol. The summed E-state index contributed by atoms with van der Waals surface area (Å²) in [5, 5.41) is 7.28. The van der Waals surface area contributed by atoms with Crippen molar-refractivity contribution < 1.29 is 4.39 Å². The summed E-state index contributed by atoms with van der Waals surface area (Å²) >= 11 is 5.41. The molecule has 0 heterocycles. The van der Waals surface area contributed by atoms with Crippen molar-refractivity contribution in [2.75, 3.05) is 5.32 Å². The molecule has 5 atom stereocenters. The lowest BCUT2D eigenvalue weighted by molar-refractivity contribution is 0.246. The van der Waals surface area contributed by atoms with E-state index >= 15 is 0 Å². The number of allylic oxidation sites excluding steroid dienone is 2. The van der Waals surface area contributed by atoms with Crippen molar-refractivity contribution in [1.82, 2.24) is 5.32 Å². The Morgan fingerprint density at radius 3 is 2.76 bits per heavy atom. The van der Waals surface area contributed by atoms with Crippen LogP contribution in [0.3, 0.4) is 0 Å². The molecule has 0 aliphatic heterocycles. The molecule has 2 fully saturated rings. The zero-order valence-electron chi connectivity index (χ0n) is 11.8. The molecule has 0 aromatic heterocycles. The predicted octanol–water partition coefficient (Wildman–Crippen LogP) is 3.71. The molecule has 2 N–H and O–H groups in total. The summed E-state index contributed by atoms with van der Waals surface area (Å²) in [7, 11) is 0. The van der Waals surface area contributed by atoms with Gasteiger partial charge in [-0.1, -0.05) is 12.2 Å². The van der Waals surface area contributed by atoms with E-state index in [9.17, 15) is 4.39 Å². The van der Waals surface area contributed by atoms with Crippen molar-refractivity contribution in [3.63, 3.8) is 0 Å². The van der Waals surface area contributed by atoms with Crippen LogP contribution < -0.4 is 10.6 Å². The second kappa shape index (κ2) is 5.09. The third-order valence-electron chi connectivity index (χ3n) is 5.43. The maximum atomic E-state index is 12.9. The van der Waals surface area contributed by atoms with Gasteiger partial charge in [0.2, 0.25) is 0 Å². The fraction of sp³-hybridized carbons (Fsp3) is 0.471. The highest BCUT2D eigenvalue weighted by Crippen LogP contribution is 2.56. The molecule has 0 saturated heterocycles. The maximum absolute atomic E-state index is 12.9. The van der Waals surface area contributed by atoms with Gasteiger partial charge in [-0.2, -0.15) is 0 Å². The normalized spacial score (nSPS) is 35.8. The number of fused-ring (bicyclic) bond motifs is 5. The number of hydrogen-bond acceptors (Lipinski definition) is 1. The van der Waals surface area contributed by atoms with Crippen molar-refractivity contribution >= 4 is 23.0 Å². The number of hydrogen-bond donors (Lipinski definition) is 2. The van der Waals surface area contributed by atoms with Crippen LogP contribution in [0.2, 0.25) is 0 Å². The van der Waals surface area contributed by atoms with Gasteiger partial charge in [0, 0.05) is 11.7 Å². The van der Waals surface area contributed by atoms with Crippen LogP contribution in [0.1, 0.15) is 19.3 Å². The average Bonchev–Trinajstić information content (AvgIpc) is 3.13. The zero-order valence-corrected chi connectivity index (χ0v) is 12.6. The number of rotatable bonds is 2. The predicted molar refractivity (Wildman–Crippen MR) is 86.5 cm³/mol. The van der Waals surface area contributed by atoms with Crippen molar-refractivity contribution in [2.24, 2.45) is 23.7 Å². The molecule has 110 valence electrons. The first-order valence-electron chi connectivity index (χ1n) is 7.70. The molecule has 3 aliphatic carbocycles. The number of halogens is 1. The first kappa shape index (κ1) is 13.3. The first-order valence-corrected chi connectivity index (χ1v) is 8.11. The molecule has 21 heavy (non-hydrogen) atoms. The van der Waals surface area contributed by atoms with Crippen molar-refractivity contribution in [3.8, 4) is 0 Å². The number of benzene rings is 1. The van der Waals surface area contributed by atoms with Crippen molar-refractivity contribution in [1.29, 1.82) is 0 Å². The molecule has 4 heteroatoms. The summed E-state index contributed by atoms with van der Waals surface area (Å²) < 4.78 is 12.9. The molecule has 2 bridgehead atoms. The lowest BCUT2D eigenvalue weighted by atomic mass is 9.79. The van der Waals surface area contributed by atoms with Gasteiger partial charge in [-0.25, -0.2) is 4.39 Å². The fourth-order valence-electron chi connectivity index (χ4n) is 4.58. The second-order valence-electron chi connectivity index (χ2n) is 6.51. The number of nitrogens with one attached hydrogen (secondary N) is 2. The molecule has 2 nitrogen and oxygen atoms in total. The lowest BCUT2D eigenvalue weighted by Crippen LogP contribution is -2.44. The Morgan fingerprint density at radius 1 is 1.14 bits per heavy atom. The molecule has 5 unspecified atom stereocenters. The summed E-state index contributed by atoms with van der Waals surface area (Å²) in [5.41, 5.74) is 0.829. The molecular formula is C17H19FN2S. The highest BCUT2D eigenvalue weighted by Gasteiger charge is 2.52. The van der Waals surface area contributed by atoms with Crippen LogP contribution in [0.15, 0.2) is 36.4 Å². The minimum absolute atomic E-state index is 0.230. The highest BCUT2D eigenvalue weighted by molar-refractivity contribution is 7.80. The van der Waals surface area contributed by atoms with Crippen LogP contribution in [-0.2, 0) is 0 Å². The summed E-state index contributed by atoms with van der Waals surface area (Å²) in [6, 6.07) is 6.78. The topological polar surface area (TPSA) is 24.1 Å². The van der Waals surface area contributed by atoms with E-state index in [0.717, 1.165) is 29.4 Å². The van der Waals surface area contributed by atoms with E-state index in [0.29, 0.717) is 11.2 Å². The number of thiocarbonyl (C=S) groups is 1. The smallest absolute Gasteiger partial charge is 0.171 e. The van der Waals surface area contributed by atoms with E-state index in [2.05, 4.69) is 22.8 Å². The molecule has 1 aromatic carbocycles. The van der Waals surface area contributed by atoms with Crippen LogP contribution in [0.25, 0.3) is 0 Å². The zero-order chi connectivity index (χ0) is 14.4. The van der Waals surface area contributed by atoms with E-state index in [1.54, 1.807) is 12.1 Å². The third-order valence-corrected chi connectivity index (χ3v) is 5.65. The summed E-state index contributed by atoms with van der Waals surface area (Å²) in [6.07, 6.45) is 8.62. The molecule has 4 rings (SSSR count). The van der Waals surface area contributed by atoms with Crippen LogP contribution >= 0.6 is 12.2 Å². The average molecular weight is 302 g/mol. The van der Waals surface area contributed by atoms with E-state index in [-0.39, 0.29) is 5.82 Å². The van der Waals surface area contributed by atoms with Gasteiger partial charge >= 0.3 is 0 Å². The summed E-state index contributed by atoms with van der Waals surface area (Å²) in [4.78, 5) is 0. The summed E-state index contributed by atoms with van der Waals surface area (Å²) in [5.74, 6) is 3.01. The van der Waals surface area contributed by atoms with Gasteiger partial charge in [0.15, 0.2) is 5.11 Å². The quantitative estimate of drug-likeness (QED) is 0.643. The Balaban J connectivity index is 1.37. The van der Waals surface area contributed by atoms with E-state index in [1.807, 2.05) is 0 Å². The van der Waals surface area contributed by atoms with Crippen LogP contribution in [0.5, 0.6) is 0 Å². The van der Waals surface area contributed by atoms with Crippen LogP contribution in [0.4, 0.5) is 10.1 Å². The molecule has 2 saturated carbocycles. The third kappa shape index (κ3) is 2.35. The minimum atomic E-state index is -0.230. The Bertz CT molecular complexity index is 583. The van der Waals surface area contributed by atoms with Gasteiger partial charge in [0.25, 0.3) is 0 Å². The molecule has 0 radical (unpaired) electrons. The van der Waals surface area contributed by atoms with Gasteiger partial charge in [0.1, 0.15) is 5.82 Å². The fourth-order valence-corrected chi connectivity index (χ4v) is 4.85. The van der Waals surface area contributed by atoms with Crippen LogP contribution in [-0.4, -0.2) is 11.2 Å². The first-order chi connectivity index (χ1) is 10.2. The molecule has 1 aromatic rings. The Kier molecular flexibility index (Phi) is 3.21. The SMILES string of the molecule is Fc1ccc(NC(=S)NC2CC3CC2C2C=CCC32)cc1. The Labute approximate surface area is 129 Å². The number of anilines is 1. The minimum Gasteiger partial charge on any atom is -0.359 e. The van der Waals surface area contributed by atoms with Crippen molar-refractivity contribution in [3.05, 3.63) is 42.2 Å². The molecule has 0 spiro atoms. The standard InChI is InChI=1S/C17H19FN2S/c18-11-4-6-12(7-5-11)19-17(21)20-16-9-10-8-15(16)14-3-1-2-13(10)14/h1,3-7,10,13-16H,2,8-9H2,(H2,19,20,21). The van der Waals surface area contributed by atoms with Gasteiger partial charge in [-0.3, -0.25) is 0 Å². The lowest BCUT2D eigenvalue weighted by Gasteiger charge is -2.32. The monoisotopic (exact) mass is 302 g/mol. The second-order valence-corrected chi connectivity index (χ2v) is 6.92. The maximum Gasteiger partial charge on any atom is 0.171 e. The molecule has 3 aliphatic rings. The van der Waals surface area contributed by atoms with Gasteiger partial charge in [0.05, 0.1) is 0 Å². The molecule has 0 amide bonds. The largest absolute Gasteiger partial charge is 0.359 e. The Morgan fingerprint density at radius 2 is 1.95 bits per heavy atom. The van der Waals surface area contributed by atoms with Gasteiger partial charge in [-0.05, 0) is 79.4 Å². The van der Waals surface area contributed by atoms with Gasteiger partial charge in [-0.15, -0.1) is 0 Å². The Hall–Kier alpha value is -1.42. The highest BCUT2D eigenvalue weighted by atomic mass is 32.1. The van der Waals surface area contributed by atoms with Crippen molar-refractivity contribution in [2.45, 2.75) is 25.3 Å². The summed E-state index contributed by atoms with van der Waals surface area (Å²) in [6.45, 7) is 0. The van der Waals surface area contributed by atoms with Crippen LogP contribution in [0, 0.1) is 29.5 Å². The van der Waals surface area contributed by atoms with Gasteiger partial charge < -0.3 is 10.6 Å². The van der Waals surface area contributed by atoms with E-state index < -0.39 is 0 Å².